The zero-order valence-electron chi connectivity index (χ0n) is 11.7. The van der Waals surface area contributed by atoms with Crippen LogP contribution in [0.15, 0.2) is 24.3 Å². The Kier molecular flexibility index (Phi) is 5.85. The van der Waals surface area contributed by atoms with Crippen LogP contribution in [0.2, 0.25) is 25.7 Å². The van der Waals surface area contributed by atoms with Crippen molar-refractivity contribution < 1.29 is 14.6 Å². The lowest BCUT2D eigenvalue weighted by atomic mass is 10.1. The Morgan fingerprint density at radius 3 is 2.22 bits per heavy atom. The topological polar surface area (TPSA) is 41.5 Å². The normalized spacial score (nSPS) is 13.4. The first-order valence-electron chi connectivity index (χ1n) is 6.30. The molecule has 1 aromatic rings. The Labute approximate surface area is 111 Å². The summed E-state index contributed by atoms with van der Waals surface area (Å²) in [6.45, 7) is 7.03. The third-order valence-electron chi connectivity index (χ3n) is 2.69. The van der Waals surface area contributed by atoms with Gasteiger partial charge < -0.3 is 14.6 Å². The molecule has 1 unspecified atom stereocenters. The fraction of sp³-hybridized carbons (Fsp3) is 0.571. The monoisotopic (exact) mass is 267 g/mol. The van der Waals surface area contributed by atoms with Gasteiger partial charge in [0.1, 0.15) is 5.75 Å². The summed E-state index contributed by atoms with van der Waals surface area (Å²) in [6.07, 6.45) is 0.0384. The fourth-order valence-electron chi connectivity index (χ4n) is 1.84. The highest BCUT2D eigenvalue weighted by Gasteiger charge is 2.22. The summed E-state index contributed by atoms with van der Waals surface area (Å²) in [7, 11) is 0.422. The molecule has 102 valence electrons. The van der Waals surface area contributed by atoms with E-state index in [1.807, 2.05) is 24.3 Å². The van der Waals surface area contributed by atoms with Crippen LogP contribution in [0.4, 0.5) is 0 Å². The van der Waals surface area contributed by atoms with Crippen LogP contribution in [-0.2, 0) is 4.74 Å². The molecule has 0 aromatic heterocycles. The molecule has 0 spiro atoms. The average Bonchev–Trinajstić information content (AvgIpc) is 2.33. The van der Waals surface area contributed by atoms with Crippen molar-refractivity contribution >= 4 is 8.07 Å². The van der Waals surface area contributed by atoms with Crippen LogP contribution in [0.5, 0.6) is 5.75 Å². The Morgan fingerprint density at radius 1 is 1.17 bits per heavy atom. The second-order valence-corrected chi connectivity index (χ2v) is 11.1. The molecule has 1 atom stereocenters. The number of hydrogen-bond acceptors (Lipinski definition) is 3. The van der Waals surface area contributed by atoms with Crippen molar-refractivity contribution in [2.45, 2.75) is 31.8 Å². The summed E-state index contributed by atoms with van der Waals surface area (Å²) in [5.41, 5.74) is 1.13. The van der Waals surface area contributed by atoms with Gasteiger partial charge in [-0.1, -0.05) is 31.8 Å². The second-order valence-electron chi connectivity index (χ2n) is 5.60. The Bertz CT molecular complexity index is 343. The van der Waals surface area contributed by atoms with Gasteiger partial charge in [0.15, 0.2) is 0 Å². The molecular formula is C14H23O3Si-. The molecule has 4 heteroatoms. The third-order valence-corrected chi connectivity index (χ3v) is 4.28. The van der Waals surface area contributed by atoms with Crippen LogP contribution in [0.25, 0.3) is 0 Å². The van der Waals surface area contributed by atoms with E-state index in [1.165, 1.54) is 0 Å². The Balaban J connectivity index is 2.79. The van der Waals surface area contributed by atoms with Crippen LogP contribution in [-0.4, -0.2) is 28.4 Å². The number of ether oxygens (including phenoxy) is 2. The molecule has 18 heavy (non-hydrogen) atoms. The standard InChI is InChI=1S/C14H23O3Si/c1-16-13-7-5-12(6-8-13)14(17-10-9-15)11-18(2,3)4/h5-8,14H,9-11H2,1-4H3/q-1. The molecule has 0 N–H and O–H groups in total. The van der Waals surface area contributed by atoms with E-state index in [-0.39, 0.29) is 19.3 Å². The van der Waals surface area contributed by atoms with Crippen LogP contribution < -0.4 is 9.84 Å². The lowest BCUT2D eigenvalue weighted by Gasteiger charge is -2.26. The highest BCUT2D eigenvalue weighted by atomic mass is 28.3. The Hall–Kier alpha value is -0.843. The molecule has 0 saturated carbocycles. The van der Waals surface area contributed by atoms with E-state index in [2.05, 4.69) is 19.6 Å². The summed E-state index contributed by atoms with van der Waals surface area (Å²) in [5, 5.41) is 10.6. The maximum atomic E-state index is 10.6. The Morgan fingerprint density at radius 2 is 1.78 bits per heavy atom. The van der Waals surface area contributed by atoms with Gasteiger partial charge >= 0.3 is 0 Å². The van der Waals surface area contributed by atoms with Crippen molar-refractivity contribution in [3.05, 3.63) is 29.8 Å². The summed E-state index contributed by atoms with van der Waals surface area (Å²) in [5.74, 6) is 0.842. The lowest BCUT2D eigenvalue weighted by molar-refractivity contribution is -0.375. The summed E-state index contributed by atoms with van der Waals surface area (Å²) in [4.78, 5) is 0. The van der Waals surface area contributed by atoms with Gasteiger partial charge in [-0.05, 0) is 23.7 Å². The zero-order chi connectivity index (χ0) is 13.6. The van der Waals surface area contributed by atoms with E-state index in [9.17, 15) is 5.11 Å². The quantitative estimate of drug-likeness (QED) is 0.713. The number of benzene rings is 1. The summed E-state index contributed by atoms with van der Waals surface area (Å²) >= 11 is 0. The molecule has 0 amide bonds. The lowest BCUT2D eigenvalue weighted by Crippen LogP contribution is -2.25. The first kappa shape index (κ1) is 15.2. The molecule has 0 aliphatic carbocycles. The van der Waals surface area contributed by atoms with E-state index in [4.69, 9.17) is 9.47 Å². The van der Waals surface area contributed by atoms with Crippen LogP contribution in [0, 0.1) is 0 Å². The molecule has 0 radical (unpaired) electrons. The molecule has 0 aliphatic heterocycles. The van der Waals surface area contributed by atoms with Gasteiger partial charge in [-0.3, -0.25) is 0 Å². The molecule has 1 rings (SSSR count). The van der Waals surface area contributed by atoms with Crippen molar-refractivity contribution in [3.63, 3.8) is 0 Å². The predicted molar refractivity (Wildman–Crippen MR) is 74.7 cm³/mol. The zero-order valence-corrected chi connectivity index (χ0v) is 12.7. The average molecular weight is 267 g/mol. The van der Waals surface area contributed by atoms with Gasteiger partial charge in [0.2, 0.25) is 0 Å². The minimum atomic E-state index is -1.23. The molecule has 0 saturated heterocycles. The molecular weight excluding hydrogens is 244 g/mol. The first-order valence-corrected chi connectivity index (χ1v) is 10.0. The number of methoxy groups -OCH3 is 1. The summed E-state index contributed by atoms with van der Waals surface area (Å²) < 4.78 is 10.9. The smallest absolute Gasteiger partial charge is 0.118 e. The molecule has 0 heterocycles. The number of hydrogen-bond donors (Lipinski definition) is 0. The second kappa shape index (κ2) is 6.92. The maximum Gasteiger partial charge on any atom is 0.118 e. The molecule has 3 nitrogen and oxygen atoms in total. The van der Waals surface area contributed by atoms with Crippen molar-refractivity contribution in [1.82, 2.24) is 0 Å². The minimum Gasteiger partial charge on any atom is -0.853 e. The largest absolute Gasteiger partial charge is 0.853 e. The summed E-state index contributed by atoms with van der Waals surface area (Å²) in [6, 6.07) is 8.95. The SMILES string of the molecule is COc1ccc(C(C[Si](C)(C)C)OCC[O-])cc1. The molecule has 0 bridgehead atoms. The highest BCUT2D eigenvalue weighted by Crippen LogP contribution is 2.28. The van der Waals surface area contributed by atoms with Gasteiger partial charge in [-0.2, -0.15) is 0 Å². The third kappa shape index (κ3) is 5.21. The van der Waals surface area contributed by atoms with Gasteiger partial charge in [0, 0.05) is 14.7 Å². The van der Waals surface area contributed by atoms with Crippen LogP contribution in [0.3, 0.4) is 0 Å². The molecule has 1 aromatic carbocycles. The highest BCUT2D eigenvalue weighted by molar-refractivity contribution is 6.76. The van der Waals surface area contributed by atoms with Crippen molar-refractivity contribution in [2.75, 3.05) is 20.3 Å². The van der Waals surface area contributed by atoms with E-state index in [0.29, 0.717) is 0 Å². The van der Waals surface area contributed by atoms with Gasteiger partial charge in [0.05, 0.1) is 13.2 Å². The molecule has 0 fully saturated rings. The number of rotatable bonds is 7. The first-order chi connectivity index (χ1) is 8.46. The van der Waals surface area contributed by atoms with E-state index in [0.717, 1.165) is 17.4 Å². The molecule has 0 aliphatic rings. The van der Waals surface area contributed by atoms with Crippen molar-refractivity contribution in [1.29, 1.82) is 0 Å². The maximum absolute atomic E-state index is 10.6. The van der Waals surface area contributed by atoms with E-state index >= 15 is 0 Å². The van der Waals surface area contributed by atoms with Gasteiger partial charge in [0.25, 0.3) is 0 Å². The van der Waals surface area contributed by atoms with Crippen molar-refractivity contribution in [3.8, 4) is 5.75 Å². The minimum absolute atomic E-state index is 0.0384. The van der Waals surface area contributed by atoms with Gasteiger partial charge in [-0.25, -0.2) is 0 Å². The van der Waals surface area contributed by atoms with E-state index < -0.39 is 8.07 Å². The van der Waals surface area contributed by atoms with E-state index in [1.54, 1.807) is 7.11 Å². The fourth-order valence-corrected chi connectivity index (χ4v) is 3.30. The predicted octanol–water partition coefficient (Wildman–Crippen LogP) is 2.45. The van der Waals surface area contributed by atoms with Crippen LogP contribution in [0.1, 0.15) is 11.7 Å². The van der Waals surface area contributed by atoms with Crippen LogP contribution >= 0.6 is 0 Å². The van der Waals surface area contributed by atoms with Crippen molar-refractivity contribution in [2.24, 2.45) is 0 Å². The van der Waals surface area contributed by atoms with Gasteiger partial charge in [-0.15, -0.1) is 6.61 Å².